The lowest BCUT2D eigenvalue weighted by Crippen LogP contribution is -2.34. The molecule has 2 heterocycles. The Balaban J connectivity index is 2.03. The van der Waals surface area contributed by atoms with Crippen molar-refractivity contribution in [3.63, 3.8) is 0 Å². The average Bonchev–Trinajstić information content (AvgIpc) is 2.93. The van der Waals surface area contributed by atoms with Crippen LogP contribution in [0.1, 0.15) is 31.7 Å². The van der Waals surface area contributed by atoms with E-state index in [1.54, 1.807) is 6.33 Å². The van der Waals surface area contributed by atoms with E-state index in [0.29, 0.717) is 6.04 Å². The quantitative estimate of drug-likeness (QED) is 0.797. The van der Waals surface area contributed by atoms with Crippen molar-refractivity contribution >= 4 is 0 Å². The second-order valence-corrected chi connectivity index (χ2v) is 4.91. The molecule has 5 heteroatoms. The minimum absolute atomic E-state index is 0.381. The molecule has 2 aromatic rings. The van der Waals surface area contributed by atoms with Crippen LogP contribution >= 0.6 is 0 Å². The van der Waals surface area contributed by atoms with E-state index in [1.165, 1.54) is 5.56 Å². The van der Waals surface area contributed by atoms with Crippen molar-refractivity contribution in [2.75, 3.05) is 6.54 Å². The molecular formula is C15H23N5. The van der Waals surface area contributed by atoms with Crippen molar-refractivity contribution in [3.8, 4) is 0 Å². The second kappa shape index (κ2) is 7.75. The molecule has 5 nitrogen and oxygen atoms in total. The second-order valence-electron chi connectivity index (χ2n) is 4.91. The Morgan fingerprint density at radius 1 is 1.20 bits per heavy atom. The van der Waals surface area contributed by atoms with Gasteiger partial charge in [0.15, 0.2) is 0 Å². The molecule has 0 bridgehead atoms. The van der Waals surface area contributed by atoms with Gasteiger partial charge in [0.25, 0.3) is 0 Å². The van der Waals surface area contributed by atoms with Gasteiger partial charge in [-0.1, -0.05) is 6.92 Å². The summed E-state index contributed by atoms with van der Waals surface area (Å²) in [5.74, 6) is 1.05. The normalized spacial score (nSPS) is 12.5. The number of aromatic nitrogens is 4. The van der Waals surface area contributed by atoms with Gasteiger partial charge in [0, 0.05) is 31.4 Å². The molecule has 0 aliphatic heterocycles. The monoisotopic (exact) mass is 273 g/mol. The number of hydrogen-bond donors (Lipinski definition) is 1. The van der Waals surface area contributed by atoms with E-state index in [-0.39, 0.29) is 0 Å². The molecule has 20 heavy (non-hydrogen) atoms. The molecule has 0 aliphatic carbocycles. The Labute approximate surface area is 120 Å². The zero-order valence-corrected chi connectivity index (χ0v) is 12.3. The van der Waals surface area contributed by atoms with Crippen LogP contribution in [0.5, 0.6) is 0 Å². The van der Waals surface area contributed by atoms with Gasteiger partial charge in [0.2, 0.25) is 0 Å². The van der Waals surface area contributed by atoms with Gasteiger partial charge in [-0.3, -0.25) is 9.67 Å². The summed E-state index contributed by atoms with van der Waals surface area (Å²) in [5, 5.41) is 7.85. The molecule has 2 aromatic heterocycles. The summed E-state index contributed by atoms with van der Waals surface area (Å²) in [4.78, 5) is 8.45. The van der Waals surface area contributed by atoms with Gasteiger partial charge < -0.3 is 5.32 Å². The van der Waals surface area contributed by atoms with Gasteiger partial charge in [0.1, 0.15) is 12.2 Å². The fraction of sp³-hybridized carbons (Fsp3) is 0.533. The van der Waals surface area contributed by atoms with Crippen LogP contribution in [-0.4, -0.2) is 32.3 Å². The maximum atomic E-state index is 4.38. The highest BCUT2D eigenvalue weighted by Gasteiger charge is 2.13. The van der Waals surface area contributed by atoms with Gasteiger partial charge in [-0.2, -0.15) is 5.10 Å². The molecule has 0 fully saturated rings. The van der Waals surface area contributed by atoms with Crippen LogP contribution in [0.15, 0.2) is 30.9 Å². The maximum Gasteiger partial charge on any atom is 0.138 e. The smallest absolute Gasteiger partial charge is 0.138 e. The number of hydrogen-bond acceptors (Lipinski definition) is 4. The van der Waals surface area contributed by atoms with Crippen molar-refractivity contribution in [1.82, 2.24) is 25.1 Å². The summed E-state index contributed by atoms with van der Waals surface area (Å²) < 4.78 is 1.97. The Morgan fingerprint density at radius 2 is 2.00 bits per heavy atom. The summed E-state index contributed by atoms with van der Waals surface area (Å²) in [6, 6.07) is 4.53. The van der Waals surface area contributed by atoms with E-state index in [4.69, 9.17) is 0 Å². The first kappa shape index (κ1) is 14.7. The highest BCUT2D eigenvalue weighted by molar-refractivity contribution is 5.12. The lowest BCUT2D eigenvalue weighted by molar-refractivity contribution is 0.478. The number of nitrogens with one attached hydrogen (secondary N) is 1. The first-order chi connectivity index (χ1) is 9.83. The van der Waals surface area contributed by atoms with Gasteiger partial charge in [0.05, 0.1) is 0 Å². The predicted molar refractivity (Wildman–Crippen MR) is 79.4 cm³/mol. The van der Waals surface area contributed by atoms with E-state index >= 15 is 0 Å². The van der Waals surface area contributed by atoms with Gasteiger partial charge in [-0.15, -0.1) is 0 Å². The zero-order valence-electron chi connectivity index (χ0n) is 12.3. The summed E-state index contributed by atoms with van der Waals surface area (Å²) in [6.45, 7) is 6.17. The van der Waals surface area contributed by atoms with Crippen LogP contribution in [-0.2, 0) is 19.4 Å². The SMILES string of the molecule is CCCNC(Cc1ccncc1)Cc1ncnn1CC. The van der Waals surface area contributed by atoms with Gasteiger partial charge in [-0.25, -0.2) is 4.98 Å². The third-order valence-electron chi connectivity index (χ3n) is 3.34. The summed E-state index contributed by atoms with van der Waals surface area (Å²) in [7, 11) is 0. The van der Waals surface area contributed by atoms with Crippen molar-refractivity contribution in [3.05, 3.63) is 42.2 Å². The number of aryl methyl sites for hydroxylation is 1. The summed E-state index contributed by atoms with van der Waals surface area (Å²) in [6.07, 6.45) is 8.35. The largest absolute Gasteiger partial charge is 0.313 e. The molecule has 0 saturated heterocycles. The minimum Gasteiger partial charge on any atom is -0.313 e. The molecule has 108 valence electrons. The van der Waals surface area contributed by atoms with Gasteiger partial charge in [-0.05, 0) is 44.0 Å². The molecule has 0 amide bonds. The first-order valence-electron chi connectivity index (χ1n) is 7.32. The molecule has 0 aliphatic rings. The van der Waals surface area contributed by atoms with Crippen LogP contribution in [0.2, 0.25) is 0 Å². The van der Waals surface area contributed by atoms with Gasteiger partial charge >= 0.3 is 0 Å². The van der Waals surface area contributed by atoms with Crippen LogP contribution in [0.4, 0.5) is 0 Å². The predicted octanol–water partition coefficient (Wildman–Crippen LogP) is 1.85. The Kier molecular flexibility index (Phi) is 5.68. The van der Waals surface area contributed by atoms with Crippen molar-refractivity contribution in [2.24, 2.45) is 0 Å². The molecule has 0 spiro atoms. The third-order valence-corrected chi connectivity index (χ3v) is 3.34. The topological polar surface area (TPSA) is 55.6 Å². The summed E-state index contributed by atoms with van der Waals surface area (Å²) >= 11 is 0. The summed E-state index contributed by atoms with van der Waals surface area (Å²) in [5.41, 5.74) is 1.30. The van der Waals surface area contributed by atoms with E-state index in [0.717, 1.165) is 38.2 Å². The zero-order chi connectivity index (χ0) is 14.2. The molecule has 0 radical (unpaired) electrons. The molecule has 1 unspecified atom stereocenters. The standard InChI is InChI=1S/C15H23N5/c1-3-7-17-14(10-13-5-8-16-9-6-13)11-15-18-12-19-20(15)4-2/h5-6,8-9,12,14,17H,3-4,7,10-11H2,1-2H3. The van der Waals surface area contributed by atoms with Crippen LogP contribution < -0.4 is 5.32 Å². The van der Waals surface area contributed by atoms with Crippen LogP contribution in [0, 0.1) is 0 Å². The highest BCUT2D eigenvalue weighted by atomic mass is 15.3. The van der Waals surface area contributed by atoms with E-state index in [1.807, 2.05) is 17.1 Å². The van der Waals surface area contributed by atoms with Crippen molar-refractivity contribution < 1.29 is 0 Å². The van der Waals surface area contributed by atoms with Crippen LogP contribution in [0.25, 0.3) is 0 Å². The Hall–Kier alpha value is -1.75. The fourth-order valence-electron chi connectivity index (χ4n) is 2.30. The fourth-order valence-corrected chi connectivity index (χ4v) is 2.30. The average molecular weight is 273 g/mol. The molecule has 1 N–H and O–H groups in total. The van der Waals surface area contributed by atoms with E-state index in [2.05, 4.69) is 46.4 Å². The molecule has 2 rings (SSSR count). The van der Waals surface area contributed by atoms with E-state index < -0.39 is 0 Å². The van der Waals surface area contributed by atoms with Crippen molar-refractivity contribution in [1.29, 1.82) is 0 Å². The lowest BCUT2D eigenvalue weighted by atomic mass is 10.0. The first-order valence-corrected chi connectivity index (χ1v) is 7.32. The Morgan fingerprint density at radius 3 is 2.70 bits per heavy atom. The molecular weight excluding hydrogens is 250 g/mol. The lowest BCUT2D eigenvalue weighted by Gasteiger charge is -2.18. The Bertz CT molecular complexity index is 494. The third kappa shape index (κ3) is 4.13. The van der Waals surface area contributed by atoms with Crippen molar-refractivity contribution in [2.45, 2.75) is 45.7 Å². The molecule has 1 atom stereocenters. The molecule has 0 aromatic carbocycles. The molecule has 0 saturated carbocycles. The van der Waals surface area contributed by atoms with E-state index in [9.17, 15) is 0 Å². The van der Waals surface area contributed by atoms with Crippen LogP contribution in [0.3, 0.4) is 0 Å². The highest BCUT2D eigenvalue weighted by Crippen LogP contribution is 2.07. The maximum absolute atomic E-state index is 4.38. The number of nitrogens with zero attached hydrogens (tertiary/aromatic N) is 4. The number of pyridine rings is 1. The minimum atomic E-state index is 0.381. The number of rotatable bonds is 8.